The molecule has 0 atom stereocenters. The number of ether oxygens (including phenoxy) is 1. The lowest BCUT2D eigenvalue weighted by molar-refractivity contribution is 0.301. The van der Waals surface area contributed by atoms with E-state index in [-0.39, 0.29) is 0 Å². The number of aryl methyl sites for hydroxylation is 1. The third kappa shape index (κ3) is 4.01. The van der Waals surface area contributed by atoms with E-state index in [9.17, 15) is 0 Å². The van der Waals surface area contributed by atoms with E-state index in [4.69, 9.17) is 21.3 Å². The Labute approximate surface area is 162 Å². The lowest BCUT2D eigenvalue weighted by Gasteiger charge is -2.06. The fraction of sp³-hybridized carbons (Fsp3) is 0.0909. The summed E-state index contributed by atoms with van der Waals surface area (Å²) >= 11 is 5.98. The Bertz CT molecular complexity index is 1030. The predicted molar refractivity (Wildman–Crippen MR) is 108 cm³/mol. The second-order valence-electron chi connectivity index (χ2n) is 6.20. The third-order valence-corrected chi connectivity index (χ3v) is 4.49. The summed E-state index contributed by atoms with van der Waals surface area (Å²) in [7, 11) is 0. The van der Waals surface area contributed by atoms with Gasteiger partial charge in [-0.1, -0.05) is 29.8 Å². The smallest absolute Gasteiger partial charge is 0.138 e. The molecule has 27 heavy (non-hydrogen) atoms. The minimum atomic E-state index is 0.445. The van der Waals surface area contributed by atoms with Crippen molar-refractivity contribution in [2.24, 2.45) is 0 Å². The van der Waals surface area contributed by atoms with Crippen LogP contribution in [0.25, 0.3) is 22.6 Å². The Morgan fingerprint density at radius 3 is 2.37 bits per heavy atom. The van der Waals surface area contributed by atoms with Gasteiger partial charge in [0, 0.05) is 28.0 Å². The van der Waals surface area contributed by atoms with Crippen molar-refractivity contribution in [3.63, 3.8) is 0 Å². The molecule has 0 aliphatic heterocycles. The highest BCUT2D eigenvalue weighted by atomic mass is 35.5. The molecule has 4 aromatic rings. The number of aromatic amines is 1. The molecule has 0 radical (unpaired) electrons. The molecule has 5 heteroatoms. The summed E-state index contributed by atoms with van der Waals surface area (Å²) in [5, 5.41) is 0.716. The molecular weight excluding hydrogens is 358 g/mol. The molecule has 4 rings (SSSR count). The van der Waals surface area contributed by atoms with Crippen LogP contribution in [0.5, 0.6) is 5.75 Å². The normalized spacial score (nSPS) is 10.7. The first kappa shape index (κ1) is 17.3. The highest BCUT2D eigenvalue weighted by molar-refractivity contribution is 6.30. The zero-order valence-corrected chi connectivity index (χ0v) is 15.6. The molecule has 0 aliphatic carbocycles. The van der Waals surface area contributed by atoms with Crippen molar-refractivity contribution >= 4 is 11.6 Å². The summed E-state index contributed by atoms with van der Waals surface area (Å²) in [6, 6.07) is 21.4. The monoisotopic (exact) mass is 375 g/mol. The van der Waals surface area contributed by atoms with Crippen molar-refractivity contribution in [2.45, 2.75) is 13.5 Å². The highest BCUT2D eigenvalue weighted by Crippen LogP contribution is 2.27. The average molecular weight is 376 g/mol. The number of pyridine rings is 1. The molecule has 0 amide bonds. The molecule has 2 heterocycles. The fourth-order valence-electron chi connectivity index (χ4n) is 2.84. The first-order valence-electron chi connectivity index (χ1n) is 8.65. The Balaban J connectivity index is 1.50. The van der Waals surface area contributed by atoms with Crippen LogP contribution in [0.4, 0.5) is 0 Å². The number of hydrogen-bond donors (Lipinski definition) is 1. The standard InChI is InChI=1S/C22H18ClN3O/c1-15-21(16-5-9-18(23)10-6-16)26-22(25-15)17-7-11-20(12-8-17)27-14-19-4-2-3-13-24-19/h2-13H,14H2,1H3,(H,25,26). The Morgan fingerprint density at radius 2 is 1.67 bits per heavy atom. The van der Waals surface area contributed by atoms with Gasteiger partial charge in [0.15, 0.2) is 0 Å². The lowest BCUT2D eigenvalue weighted by atomic mass is 10.1. The number of nitrogens with one attached hydrogen (secondary N) is 1. The largest absolute Gasteiger partial charge is 0.487 e. The summed E-state index contributed by atoms with van der Waals surface area (Å²) in [6.07, 6.45) is 1.76. The maximum atomic E-state index is 5.98. The molecule has 0 unspecified atom stereocenters. The van der Waals surface area contributed by atoms with Crippen LogP contribution in [0.2, 0.25) is 5.02 Å². The SMILES string of the molecule is Cc1[nH]c(-c2ccc(OCc3ccccn3)cc2)nc1-c1ccc(Cl)cc1. The van der Waals surface area contributed by atoms with Crippen molar-refractivity contribution in [3.05, 3.63) is 89.3 Å². The molecule has 0 bridgehead atoms. The van der Waals surface area contributed by atoms with E-state index in [2.05, 4.69) is 9.97 Å². The molecule has 4 nitrogen and oxygen atoms in total. The maximum absolute atomic E-state index is 5.98. The first-order chi connectivity index (χ1) is 13.2. The first-order valence-corrected chi connectivity index (χ1v) is 9.02. The second-order valence-corrected chi connectivity index (χ2v) is 6.64. The van der Waals surface area contributed by atoms with Crippen LogP contribution in [-0.2, 0) is 6.61 Å². The third-order valence-electron chi connectivity index (χ3n) is 4.24. The zero-order chi connectivity index (χ0) is 18.6. The highest BCUT2D eigenvalue weighted by Gasteiger charge is 2.10. The van der Waals surface area contributed by atoms with Crippen LogP contribution in [0.3, 0.4) is 0 Å². The van der Waals surface area contributed by atoms with Gasteiger partial charge < -0.3 is 9.72 Å². The number of aromatic nitrogens is 3. The van der Waals surface area contributed by atoms with Crippen LogP contribution >= 0.6 is 11.6 Å². The molecule has 2 aromatic heterocycles. The van der Waals surface area contributed by atoms with Crippen LogP contribution < -0.4 is 4.74 Å². The number of H-pyrrole nitrogens is 1. The van der Waals surface area contributed by atoms with Crippen molar-refractivity contribution in [1.82, 2.24) is 15.0 Å². The number of imidazole rings is 1. The molecule has 2 aromatic carbocycles. The summed E-state index contributed by atoms with van der Waals surface area (Å²) in [6.45, 7) is 2.46. The van der Waals surface area contributed by atoms with Gasteiger partial charge in [-0.15, -0.1) is 0 Å². The molecule has 1 N–H and O–H groups in total. The minimum absolute atomic E-state index is 0.445. The van der Waals surface area contributed by atoms with Crippen molar-refractivity contribution in [1.29, 1.82) is 0 Å². The fourth-order valence-corrected chi connectivity index (χ4v) is 2.96. The molecule has 0 aliphatic rings. The lowest BCUT2D eigenvalue weighted by Crippen LogP contribution is -1.97. The Kier molecular flexibility index (Phi) is 4.90. The molecule has 0 saturated heterocycles. The zero-order valence-electron chi connectivity index (χ0n) is 14.8. The number of hydrogen-bond acceptors (Lipinski definition) is 3. The predicted octanol–water partition coefficient (Wildman–Crippen LogP) is 5.68. The average Bonchev–Trinajstić information content (AvgIpc) is 3.10. The van der Waals surface area contributed by atoms with E-state index < -0.39 is 0 Å². The topological polar surface area (TPSA) is 50.8 Å². The van der Waals surface area contributed by atoms with Gasteiger partial charge in [-0.05, 0) is 55.5 Å². The summed E-state index contributed by atoms with van der Waals surface area (Å²) in [5.41, 5.74) is 4.88. The minimum Gasteiger partial charge on any atom is -0.487 e. The van der Waals surface area contributed by atoms with Gasteiger partial charge in [0.25, 0.3) is 0 Å². The number of benzene rings is 2. The molecule has 0 fully saturated rings. The number of halogens is 1. The molecule has 0 saturated carbocycles. The van der Waals surface area contributed by atoms with Gasteiger partial charge in [-0.3, -0.25) is 4.98 Å². The van der Waals surface area contributed by atoms with E-state index in [0.29, 0.717) is 11.6 Å². The van der Waals surface area contributed by atoms with Crippen molar-refractivity contribution in [2.75, 3.05) is 0 Å². The van der Waals surface area contributed by atoms with Gasteiger partial charge in [-0.25, -0.2) is 4.98 Å². The van der Waals surface area contributed by atoms with Crippen molar-refractivity contribution in [3.8, 4) is 28.4 Å². The quantitative estimate of drug-likeness (QED) is 0.488. The summed E-state index contributed by atoms with van der Waals surface area (Å²) in [5.74, 6) is 1.62. The van der Waals surface area contributed by atoms with Crippen molar-refractivity contribution < 1.29 is 4.74 Å². The van der Waals surface area contributed by atoms with Gasteiger partial charge in [0.2, 0.25) is 0 Å². The van der Waals surface area contributed by atoms with E-state index in [1.54, 1.807) is 6.20 Å². The molecular formula is C22H18ClN3O. The summed E-state index contributed by atoms with van der Waals surface area (Å²) < 4.78 is 5.79. The number of nitrogens with zero attached hydrogens (tertiary/aromatic N) is 2. The van der Waals surface area contributed by atoms with E-state index >= 15 is 0 Å². The maximum Gasteiger partial charge on any atom is 0.138 e. The summed E-state index contributed by atoms with van der Waals surface area (Å²) in [4.78, 5) is 12.4. The number of rotatable bonds is 5. The van der Waals surface area contributed by atoms with E-state index in [1.807, 2.05) is 73.7 Å². The second kappa shape index (κ2) is 7.64. The van der Waals surface area contributed by atoms with E-state index in [1.165, 1.54) is 0 Å². The van der Waals surface area contributed by atoms with Crippen LogP contribution in [0, 0.1) is 6.92 Å². The van der Waals surface area contributed by atoms with Crippen LogP contribution in [-0.4, -0.2) is 15.0 Å². The van der Waals surface area contributed by atoms with Gasteiger partial charge in [0.05, 0.1) is 11.4 Å². The van der Waals surface area contributed by atoms with Crippen LogP contribution in [0.15, 0.2) is 72.9 Å². The molecule has 0 spiro atoms. The Hall–Kier alpha value is -3.11. The Morgan fingerprint density at radius 1 is 0.926 bits per heavy atom. The van der Waals surface area contributed by atoms with Crippen LogP contribution in [0.1, 0.15) is 11.4 Å². The van der Waals surface area contributed by atoms with E-state index in [0.717, 1.165) is 39.8 Å². The molecule has 134 valence electrons. The van der Waals surface area contributed by atoms with Gasteiger partial charge in [0.1, 0.15) is 18.2 Å². The van der Waals surface area contributed by atoms with Gasteiger partial charge >= 0.3 is 0 Å². The van der Waals surface area contributed by atoms with Gasteiger partial charge in [-0.2, -0.15) is 0 Å².